The number of aliphatic hydroxyl groups excluding tert-OH is 1. The topological polar surface area (TPSA) is 41.5 Å². The van der Waals surface area contributed by atoms with E-state index >= 15 is 0 Å². The molecule has 18 heavy (non-hydrogen) atoms. The number of aliphatic hydroxyl groups is 1. The van der Waals surface area contributed by atoms with Crippen molar-refractivity contribution in [1.29, 1.82) is 0 Å². The van der Waals surface area contributed by atoms with E-state index in [1.54, 1.807) is 0 Å². The van der Waals surface area contributed by atoms with E-state index in [9.17, 15) is 5.11 Å². The molecule has 1 atom stereocenters. The summed E-state index contributed by atoms with van der Waals surface area (Å²) in [7, 11) is 0. The molecule has 0 heterocycles. The first-order valence-electron chi connectivity index (χ1n) is 6.59. The normalized spacial score (nSPS) is 13.4. The van der Waals surface area contributed by atoms with E-state index in [1.165, 1.54) is 0 Å². The summed E-state index contributed by atoms with van der Waals surface area (Å²) in [5.74, 6) is 0.780. The molecule has 3 heteroatoms. The minimum absolute atomic E-state index is 0.000198. The second-order valence-electron chi connectivity index (χ2n) is 5.53. The summed E-state index contributed by atoms with van der Waals surface area (Å²) < 4.78 is 5.65. The highest BCUT2D eigenvalue weighted by molar-refractivity contribution is 5.35. The molecule has 0 bridgehead atoms. The molecule has 0 saturated heterocycles. The molecule has 2 N–H and O–H groups in total. The smallest absolute Gasteiger partial charge is 0.125 e. The van der Waals surface area contributed by atoms with Gasteiger partial charge in [0, 0.05) is 17.6 Å². The summed E-state index contributed by atoms with van der Waals surface area (Å²) in [4.78, 5) is 0. The molecule has 1 rings (SSSR count). The van der Waals surface area contributed by atoms with Gasteiger partial charge in [-0.1, -0.05) is 25.1 Å². The van der Waals surface area contributed by atoms with Gasteiger partial charge in [0.05, 0.1) is 12.7 Å². The van der Waals surface area contributed by atoms with E-state index in [-0.39, 0.29) is 5.54 Å². The van der Waals surface area contributed by atoms with Crippen molar-refractivity contribution >= 4 is 0 Å². The molecule has 0 amide bonds. The van der Waals surface area contributed by atoms with Crippen LogP contribution in [-0.2, 0) is 0 Å². The number of para-hydroxylation sites is 1. The molecule has 0 spiro atoms. The molecule has 0 radical (unpaired) electrons. The van der Waals surface area contributed by atoms with Crippen LogP contribution in [0.4, 0.5) is 0 Å². The predicted octanol–water partition coefficient (Wildman–Crippen LogP) is 2.90. The zero-order valence-corrected chi connectivity index (χ0v) is 11.9. The van der Waals surface area contributed by atoms with E-state index in [2.05, 4.69) is 33.0 Å². The fraction of sp³-hybridized carbons (Fsp3) is 0.600. The van der Waals surface area contributed by atoms with Crippen LogP contribution in [0.1, 0.15) is 45.8 Å². The zero-order valence-electron chi connectivity index (χ0n) is 11.9. The molecular formula is C15H25NO2. The molecule has 1 unspecified atom stereocenters. The number of nitrogens with one attached hydrogen (secondary N) is 1. The number of hydrogen-bond acceptors (Lipinski definition) is 3. The monoisotopic (exact) mass is 251 g/mol. The third-order valence-electron chi connectivity index (χ3n) is 2.57. The van der Waals surface area contributed by atoms with Crippen molar-refractivity contribution in [2.45, 2.75) is 45.8 Å². The van der Waals surface area contributed by atoms with Gasteiger partial charge in [0.25, 0.3) is 0 Å². The first kappa shape index (κ1) is 15.0. The number of hydrogen-bond donors (Lipinski definition) is 2. The quantitative estimate of drug-likeness (QED) is 0.817. The maximum atomic E-state index is 10.2. The van der Waals surface area contributed by atoms with Crippen LogP contribution in [0.3, 0.4) is 0 Å². The molecule has 0 aliphatic carbocycles. The van der Waals surface area contributed by atoms with E-state index in [0.717, 1.165) is 17.7 Å². The average molecular weight is 251 g/mol. The molecule has 1 aromatic rings. The van der Waals surface area contributed by atoms with Gasteiger partial charge in [0.2, 0.25) is 0 Å². The SMILES string of the molecule is CCCOc1ccccc1C(O)CNC(C)(C)C. The van der Waals surface area contributed by atoms with Gasteiger partial charge in [-0.15, -0.1) is 0 Å². The fourth-order valence-corrected chi connectivity index (χ4v) is 1.61. The van der Waals surface area contributed by atoms with E-state index in [1.807, 2.05) is 24.3 Å². The fourth-order valence-electron chi connectivity index (χ4n) is 1.61. The molecule has 102 valence electrons. The minimum atomic E-state index is -0.544. The molecular weight excluding hydrogens is 226 g/mol. The van der Waals surface area contributed by atoms with Crippen molar-refractivity contribution in [2.75, 3.05) is 13.2 Å². The average Bonchev–Trinajstić information content (AvgIpc) is 2.33. The highest BCUT2D eigenvalue weighted by atomic mass is 16.5. The zero-order chi connectivity index (χ0) is 13.6. The van der Waals surface area contributed by atoms with Crippen LogP contribution in [0.5, 0.6) is 5.75 Å². The summed E-state index contributed by atoms with van der Waals surface area (Å²) in [6.45, 7) is 9.52. The molecule has 0 aliphatic rings. The van der Waals surface area contributed by atoms with Gasteiger partial charge in [0.1, 0.15) is 5.75 Å². The minimum Gasteiger partial charge on any atom is -0.493 e. The summed E-state index contributed by atoms with van der Waals surface area (Å²) in [5.41, 5.74) is 0.850. The largest absolute Gasteiger partial charge is 0.493 e. The Bertz CT molecular complexity index is 358. The highest BCUT2D eigenvalue weighted by Crippen LogP contribution is 2.25. The Morgan fingerprint density at radius 3 is 2.56 bits per heavy atom. The lowest BCUT2D eigenvalue weighted by Gasteiger charge is -2.24. The highest BCUT2D eigenvalue weighted by Gasteiger charge is 2.16. The molecule has 0 aromatic heterocycles. The second kappa shape index (κ2) is 6.76. The van der Waals surface area contributed by atoms with E-state index in [4.69, 9.17) is 4.74 Å². The van der Waals surface area contributed by atoms with E-state index in [0.29, 0.717) is 13.2 Å². The van der Waals surface area contributed by atoms with E-state index < -0.39 is 6.10 Å². The van der Waals surface area contributed by atoms with Crippen molar-refractivity contribution in [3.8, 4) is 5.75 Å². The van der Waals surface area contributed by atoms with Crippen LogP contribution in [-0.4, -0.2) is 23.8 Å². The molecule has 0 fully saturated rings. The first-order valence-corrected chi connectivity index (χ1v) is 6.59. The van der Waals surface area contributed by atoms with Crippen molar-refractivity contribution < 1.29 is 9.84 Å². The standard InChI is InChI=1S/C15H25NO2/c1-5-10-18-14-9-7-6-8-12(14)13(17)11-16-15(2,3)4/h6-9,13,16-17H,5,10-11H2,1-4H3. The molecule has 0 aliphatic heterocycles. The number of benzene rings is 1. The Hall–Kier alpha value is -1.06. The van der Waals surface area contributed by atoms with Crippen LogP contribution in [0.2, 0.25) is 0 Å². The third-order valence-corrected chi connectivity index (χ3v) is 2.57. The lowest BCUT2D eigenvalue weighted by atomic mass is 10.1. The van der Waals surface area contributed by atoms with Crippen molar-refractivity contribution in [3.05, 3.63) is 29.8 Å². The van der Waals surface area contributed by atoms with Gasteiger partial charge in [-0.25, -0.2) is 0 Å². The van der Waals surface area contributed by atoms with Gasteiger partial charge in [-0.05, 0) is 33.3 Å². The van der Waals surface area contributed by atoms with Crippen LogP contribution < -0.4 is 10.1 Å². The lowest BCUT2D eigenvalue weighted by Crippen LogP contribution is -2.38. The van der Waals surface area contributed by atoms with Crippen LogP contribution in [0.15, 0.2) is 24.3 Å². The Morgan fingerprint density at radius 2 is 1.94 bits per heavy atom. The van der Waals surface area contributed by atoms with Gasteiger partial charge < -0.3 is 15.2 Å². The predicted molar refractivity (Wildman–Crippen MR) is 74.9 cm³/mol. The summed E-state index contributed by atoms with van der Waals surface area (Å²) in [5, 5.41) is 13.5. The maximum absolute atomic E-state index is 10.2. The maximum Gasteiger partial charge on any atom is 0.125 e. The Kier molecular flexibility index (Phi) is 5.63. The first-order chi connectivity index (χ1) is 8.44. The molecule has 0 saturated carbocycles. The number of β-amino-alcohol motifs (C(OH)–C–C–N with tert-alkyl or cyclic N) is 1. The van der Waals surface area contributed by atoms with Gasteiger partial charge in [-0.2, -0.15) is 0 Å². The summed E-state index contributed by atoms with van der Waals surface area (Å²) in [6, 6.07) is 7.68. The van der Waals surface area contributed by atoms with Crippen molar-refractivity contribution in [3.63, 3.8) is 0 Å². The number of rotatable bonds is 6. The van der Waals surface area contributed by atoms with Gasteiger partial charge in [-0.3, -0.25) is 0 Å². The van der Waals surface area contributed by atoms with Gasteiger partial charge >= 0.3 is 0 Å². The lowest BCUT2D eigenvalue weighted by molar-refractivity contribution is 0.157. The molecule has 1 aromatic carbocycles. The van der Waals surface area contributed by atoms with Crippen molar-refractivity contribution in [1.82, 2.24) is 5.32 Å². The summed E-state index contributed by atoms with van der Waals surface area (Å²) >= 11 is 0. The summed E-state index contributed by atoms with van der Waals surface area (Å²) in [6.07, 6.45) is 0.419. The van der Waals surface area contributed by atoms with Crippen LogP contribution in [0, 0.1) is 0 Å². The van der Waals surface area contributed by atoms with Crippen LogP contribution >= 0.6 is 0 Å². The van der Waals surface area contributed by atoms with Crippen molar-refractivity contribution in [2.24, 2.45) is 0 Å². The Balaban J connectivity index is 2.69. The molecule has 3 nitrogen and oxygen atoms in total. The third kappa shape index (κ3) is 5.07. The van der Waals surface area contributed by atoms with Gasteiger partial charge in [0.15, 0.2) is 0 Å². The Labute approximate surface area is 110 Å². The van der Waals surface area contributed by atoms with Crippen LogP contribution in [0.25, 0.3) is 0 Å². The Morgan fingerprint density at radius 1 is 1.28 bits per heavy atom. The second-order valence-corrected chi connectivity index (χ2v) is 5.53. The number of ether oxygens (including phenoxy) is 1.